The van der Waals surface area contributed by atoms with Crippen LogP contribution in [0.5, 0.6) is 0 Å². The highest BCUT2D eigenvalue weighted by molar-refractivity contribution is 5.69. The number of esters is 1. The SMILES string of the molecule is CCCCCCCCCCCCCCCCCCCCCCCCOCC(CO)OC(=O)CCCCCCCCCCCCCCCCCCCC. The fraction of sp³-hybridized carbons (Fsp3) is 0.979. The Bertz CT molecular complexity index is 652. The topological polar surface area (TPSA) is 55.8 Å². The van der Waals surface area contributed by atoms with E-state index in [1.165, 1.54) is 238 Å². The van der Waals surface area contributed by atoms with E-state index in [-0.39, 0.29) is 12.6 Å². The number of aliphatic hydroxyl groups excluding tert-OH is 1. The molecule has 0 rings (SSSR count). The summed E-state index contributed by atoms with van der Waals surface area (Å²) < 4.78 is 11.2. The van der Waals surface area contributed by atoms with Gasteiger partial charge >= 0.3 is 5.97 Å². The molecule has 0 aliphatic heterocycles. The maximum atomic E-state index is 12.2. The molecule has 0 aliphatic rings. The van der Waals surface area contributed by atoms with E-state index in [1.54, 1.807) is 0 Å². The van der Waals surface area contributed by atoms with Crippen LogP contribution in [0.3, 0.4) is 0 Å². The summed E-state index contributed by atoms with van der Waals surface area (Å²) in [6.45, 7) is 5.42. The molecule has 1 unspecified atom stereocenters. The lowest BCUT2D eigenvalue weighted by molar-refractivity contribution is -0.154. The van der Waals surface area contributed by atoms with Gasteiger partial charge in [-0.2, -0.15) is 0 Å². The van der Waals surface area contributed by atoms with E-state index in [1.807, 2.05) is 0 Å². The van der Waals surface area contributed by atoms with Crippen molar-refractivity contribution in [3.05, 3.63) is 0 Å². The lowest BCUT2D eigenvalue weighted by atomic mass is 10.0. The third-order valence-corrected chi connectivity index (χ3v) is 11.2. The Morgan fingerprint density at radius 3 is 0.904 bits per heavy atom. The first kappa shape index (κ1) is 51.4. The number of unbranched alkanes of at least 4 members (excludes halogenated alkanes) is 38. The van der Waals surface area contributed by atoms with Gasteiger partial charge in [0.1, 0.15) is 6.10 Å². The molecule has 0 spiro atoms. The monoisotopic (exact) mass is 737 g/mol. The Balaban J connectivity index is 3.33. The number of ether oxygens (including phenoxy) is 2. The summed E-state index contributed by atoms with van der Waals surface area (Å²) in [5.74, 6) is -0.191. The minimum Gasteiger partial charge on any atom is -0.457 e. The first-order valence-electron chi connectivity index (χ1n) is 24.1. The average Bonchev–Trinajstić information content (AvgIpc) is 3.15. The van der Waals surface area contributed by atoms with Gasteiger partial charge in [0.2, 0.25) is 0 Å². The number of carbonyl (C=O) groups excluding carboxylic acids is 1. The Kier molecular flexibility index (Phi) is 46.0. The van der Waals surface area contributed by atoms with Crippen LogP contribution in [-0.2, 0) is 14.3 Å². The maximum Gasteiger partial charge on any atom is 0.306 e. The second kappa shape index (κ2) is 46.5. The Hall–Kier alpha value is -0.610. The highest BCUT2D eigenvalue weighted by Crippen LogP contribution is 2.17. The molecule has 0 aromatic rings. The van der Waals surface area contributed by atoms with Crippen LogP contribution in [-0.4, -0.2) is 37.0 Å². The smallest absolute Gasteiger partial charge is 0.306 e. The van der Waals surface area contributed by atoms with E-state index < -0.39 is 6.10 Å². The maximum absolute atomic E-state index is 12.2. The van der Waals surface area contributed by atoms with Crippen LogP contribution in [0.4, 0.5) is 0 Å². The van der Waals surface area contributed by atoms with Gasteiger partial charge < -0.3 is 14.6 Å². The molecule has 0 aliphatic carbocycles. The fourth-order valence-electron chi connectivity index (χ4n) is 7.57. The standard InChI is InChI=1S/C48H96O4/c1-3-5-7-9-11-13-15-17-19-21-23-24-25-26-28-30-32-34-36-38-40-42-44-51-46-47(45-49)52-48(50)43-41-39-37-35-33-31-29-27-22-20-18-16-14-12-10-8-6-4-2/h47,49H,3-46H2,1-2H3. The van der Waals surface area contributed by atoms with Crippen molar-refractivity contribution >= 4 is 5.97 Å². The van der Waals surface area contributed by atoms with Crippen molar-refractivity contribution in [1.82, 2.24) is 0 Å². The number of aliphatic hydroxyl groups is 1. The van der Waals surface area contributed by atoms with Crippen LogP contribution >= 0.6 is 0 Å². The van der Waals surface area contributed by atoms with E-state index in [0.717, 1.165) is 19.3 Å². The third-order valence-electron chi connectivity index (χ3n) is 11.2. The van der Waals surface area contributed by atoms with E-state index in [4.69, 9.17) is 9.47 Å². The minimum atomic E-state index is -0.525. The van der Waals surface area contributed by atoms with Crippen LogP contribution in [0.1, 0.15) is 277 Å². The number of rotatable bonds is 46. The van der Waals surface area contributed by atoms with Crippen molar-refractivity contribution in [2.45, 2.75) is 283 Å². The van der Waals surface area contributed by atoms with Crippen LogP contribution < -0.4 is 0 Å². The van der Waals surface area contributed by atoms with Crippen LogP contribution in [0.15, 0.2) is 0 Å². The molecule has 0 fully saturated rings. The zero-order valence-corrected chi connectivity index (χ0v) is 35.9. The summed E-state index contributed by atoms with van der Waals surface area (Å²) >= 11 is 0. The van der Waals surface area contributed by atoms with Crippen molar-refractivity contribution in [3.8, 4) is 0 Å². The first-order chi connectivity index (χ1) is 25.7. The van der Waals surface area contributed by atoms with Crippen molar-refractivity contribution in [3.63, 3.8) is 0 Å². The van der Waals surface area contributed by atoms with Crippen LogP contribution in [0.25, 0.3) is 0 Å². The Labute approximate surface area is 327 Å². The number of hydrogen-bond acceptors (Lipinski definition) is 4. The van der Waals surface area contributed by atoms with Crippen LogP contribution in [0, 0.1) is 0 Å². The van der Waals surface area contributed by atoms with Gasteiger partial charge in [-0.1, -0.05) is 258 Å². The van der Waals surface area contributed by atoms with Crippen molar-refractivity contribution in [2.24, 2.45) is 0 Å². The summed E-state index contributed by atoms with van der Waals surface area (Å²) in [7, 11) is 0. The molecule has 1 N–H and O–H groups in total. The molecule has 4 heteroatoms. The summed E-state index contributed by atoms with van der Waals surface area (Å²) in [6, 6.07) is 0. The third kappa shape index (κ3) is 43.8. The van der Waals surface area contributed by atoms with Gasteiger partial charge in [-0.15, -0.1) is 0 Å². The van der Waals surface area contributed by atoms with Crippen molar-refractivity contribution in [2.75, 3.05) is 19.8 Å². The molecule has 52 heavy (non-hydrogen) atoms. The molecule has 0 radical (unpaired) electrons. The summed E-state index contributed by atoms with van der Waals surface area (Å²) in [5.41, 5.74) is 0. The number of carbonyl (C=O) groups is 1. The van der Waals surface area contributed by atoms with E-state index in [0.29, 0.717) is 19.6 Å². The number of hydrogen-bond donors (Lipinski definition) is 1. The van der Waals surface area contributed by atoms with Gasteiger partial charge in [0.25, 0.3) is 0 Å². The van der Waals surface area contributed by atoms with Gasteiger partial charge in [0.15, 0.2) is 0 Å². The first-order valence-corrected chi connectivity index (χ1v) is 24.1. The van der Waals surface area contributed by atoms with Gasteiger partial charge in [-0.3, -0.25) is 4.79 Å². The second-order valence-corrected chi connectivity index (χ2v) is 16.6. The van der Waals surface area contributed by atoms with Gasteiger partial charge in [0, 0.05) is 13.0 Å². The zero-order valence-electron chi connectivity index (χ0n) is 35.9. The molecule has 0 aromatic carbocycles. The quantitative estimate of drug-likeness (QED) is 0.0499. The molecule has 0 aromatic heterocycles. The van der Waals surface area contributed by atoms with E-state index in [9.17, 15) is 9.90 Å². The lowest BCUT2D eigenvalue weighted by Gasteiger charge is -2.16. The molecule has 0 saturated carbocycles. The predicted octanol–water partition coefficient (Wildman–Crippen LogP) is 15.9. The molecular weight excluding hydrogens is 641 g/mol. The van der Waals surface area contributed by atoms with Gasteiger partial charge in [0.05, 0.1) is 13.2 Å². The molecule has 0 amide bonds. The molecule has 1 atom stereocenters. The molecule has 0 heterocycles. The Morgan fingerprint density at radius 1 is 0.385 bits per heavy atom. The normalized spacial score (nSPS) is 12.1. The largest absolute Gasteiger partial charge is 0.457 e. The summed E-state index contributed by atoms with van der Waals surface area (Å²) in [6.07, 6.45) is 54.7. The highest BCUT2D eigenvalue weighted by atomic mass is 16.6. The fourth-order valence-corrected chi connectivity index (χ4v) is 7.57. The minimum absolute atomic E-state index is 0.162. The highest BCUT2D eigenvalue weighted by Gasteiger charge is 2.13. The lowest BCUT2D eigenvalue weighted by Crippen LogP contribution is -2.27. The van der Waals surface area contributed by atoms with Crippen LogP contribution in [0.2, 0.25) is 0 Å². The zero-order chi connectivity index (χ0) is 37.7. The molecule has 4 nitrogen and oxygen atoms in total. The predicted molar refractivity (Wildman–Crippen MR) is 228 cm³/mol. The van der Waals surface area contributed by atoms with E-state index >= 15 is 0 Å². The second-order valence-electron chi connectivity index (χ2n) is 16.6. The van der Waals surface area contributed by atoms with Gasteiger partial charge in [-0.05, 0) is 12.8 Å². The molecule has 0 saturated heterocycles. The average molecular weight is 737 g/mol. The van der Waals surface area contributed by atoms with Gasteiger partial charge in [-0.25, -0.2) is 0 Å². The summed E-state index contributed by atoms with van der Waals surface area (Å²) in [4.78, 5) is 12.2. The molecule has 0 bridgehead atoms. The Morgan fingerprint density at radius 2 is 0.635 bits per heavy atom. The van der Waals surface area contributed by atoms with Crippen molar-refractivity contribution in [1.29, 1.82) is 0 Å². The molecular formula is C48H96O4. The molecule has 312 valence electrons. The van der Waals surface area contributed by atoms with Crippen molar-refractivity contribution < 1.29 is 19.4 Å². The van der Waals surface area contributed by atoms with E-state index in [2.05, 4.69) is 13.8 Å². The summed E-state index contributed by atoms with van der Waals surface area (Å²) in [5, 5.41) is 9.63.